The quantitative estimate of drug-likeness (QED) is 0.602. The minimum absolute atomic E-state index is 0.0990. The van der Waals surface area contributed by atoms with Crippen molar-refractivity contribution in [2.75, 3.05) is 18.4 Å². The Labute approximate surface area is 99.4 Å². The van der Waals surface area contributed by atoms with Crippen LogP contribution in [0.1, 0.15) is 19.2 Å². The number of nitrogens with one attached hydrogen (secondary N) is 2. The Kier molecular flexibility index (Phi) is 2.78. The number of nitro groups is 1. The molecule has 7 nitrogen and oxygen atoms in total. The van der Waals surface area contributed by atoms with Crippen LogP contribution in [0.2, 0.25) is 0 Å². The standard InChI is InChI=1S/C10H17N5O2/c1-7-12-8(15(16)17)9(14(7)3)13-10(2)4-5-11-6-10/h11,13H,4-6H2,1-3H3. The molecular formula is C10H17N5O2. The Morgan fingerprint density at radius 1 is 1.65 bits per heavy atom. The Morgan fingerprint density at radius 2 is 2.35 bits per heavy atom. The van der Waals surface area contributed by atoms with Crippen LogP contribution >= 0.6 is 0 Å². The molecule has 0 bridgehead atoms. The molecule has 1 aliphatic rings. The van der Waals surface area contributed by atoms with Gasteiger partial charge in [0.1, 0.15) is 0 Å². The number of hydrogen-bond acceptors (Lipinski definition) is 5. The van der Waals surface area contributed by atoms with Gasteiger partial charge in [-0.25, -0.2) is 0 Å². The summed E-state index contributed by atoms with van der Waals surface area (Å²) >= 11 is 0. The van der Waals surface area contributed by atoms with Gasteiger partial charge in [-0.05, 0) is 29.8 Å². The van der Waals surface area contributed by atoms with Crippen molar-refractivity contribution in [2.24, 2.45) is 7.05 Å². The van der Waals surface area contributed by atoms with Crippen LogP contribution in [0.15, 0.2) is 0 Å². The fraction of sp³-hybridized carbons (Fsp3) is 0.700. The molecule has 7 heteroatoms. The van der Waals surface area contributed by atoms with Gasteiger partial charge in [0, 0.05) is 26.1 Å². The SMILES string of the molecule is Cc1nc([N+](=O)[O-])c(NC2(C)CCNC2)n1C. The van der Waals surface area contributed by atoms with Crippen LogP contribution < -0.4 is 10.6 Å². The highest BCUT2D eigenvalue weighted by Gasteiger charge is 2.33. The first-order valence-corrected chi connectivity index (χ1v) is 5.59. The van der Waals surface area contributed by atoms with Gasteiger partial charge in [0.15, 0.2) is 0 Å². The highest BCUT2D eigenvalue weighted by Crippen LogP contribution is 2.29. The molecule has 1 unspecified atom stereocenters. The van der Waals surface area contributed by atoms with E-state index >= 15 is 0 Å². The molecule has 1 aromatic heterocycles. The number of aromatic nitrogens is 2. The molecule has 2 N–H and O–H groups in total. The van der Waals surface area contributed by atoms with Crippen molar-refractivity contribution >= 4 is 11.6 Å². The van der Waals surface area contributed by atoms with Crippen LogP contribution in [-0.2, 0) is 7.05 Å². The molecule has 1 aliphatic heterocycles. The lowest BCUT2D eigenvalue weighted by Crippen LogP contribution is -2.37. The van der Waals surface area contributed by atoms with Gasteiger partial charge in [-0.2, -0.15) is 0 Å². The maximum Gasteiger partial charge on any atom is 0.406 e. The predicted octanol–water partition coefficient (Wildman–Crippen LogP) is 0.801. The Balaban J connectivity index is 2.34. The monoisotopic (exact) mass is 239 g/mol. The zero-order chi connectivity index (χ0) is 12.6. The second-order valence-corrected chi connectivity index (χ2v) is 4.76. The van der Waals surface area contributed by atoms with Gasteiger partial charge in [-0.3, -0.25) is 4.57 Å². The van der Waals surface area contributed by atoms with Gasteiger partial charge in [-0.1, -0.05) is 0 Å². The van der Waals surface area contributed by atoms with E-state index in [4.69, 9.17) is 0 Å². The predicted molar refractivity (Wildman–Crippen MR) is 64.1 cm³/mol. The van der Waals surface area contributed by atoms with Crippen LogP contribution in [0.4, 0.5) is 11.6 Å². The number of aryl methyl sites for hydroxylation is 1. The van der Waals surface area contributed by atoms with Gasteiger partial charge in [0.25, 0.3) is 0 Å². The van der Waals surface area contributed by atoms with E-state index < -0.39 is 4.92 Å². The van der Waals surface area contributed by atoms with E-state index in [1.54, 1.807) is 18.5 Å². The molecule has 2 rings (SSSR count). The van der Waals surface area contributed by atoms with Crippen molar-refractivity contribution < 1.29 is 4.92 Å². The number of hydrogen-bond donors (Lipinski definition) is 2. The first kappa shape index (κ1) is 11.8. The molecule has 2 heterocycles. The highest BCUT2D eigenvalue weighted by molar-refractivity contribution is 5.55. The molecule has 0 aliphatic carbocycles. The third-order valence-electron chi connectivity index (χ3n) is 3.26. The van der Waals surface area contributed by atoms with Gasteiger partial charge in [-0.15, -0.1) is 0 Å². The maximum atomic E-state index is 10.9. The summed E-state index contributed by atoms with van der Waals surface area (Å²) < 4.78 is 1.72. The smallest absolute Gasteiger partial charge is 0.358 e. The number of anilines is 1. The van der Waals surface area contributed by atoms with E-state index in [1.807, 2.05) is 0 Å². The zero-order valence-electron chi connectivity index (χ0n) is 10.3. The molecular weight excluding hydrogens is 222 g/mol. The molecule has 1 atom stereocenters. The molecule has 1 fully saturated rings. The van der Waals surface area contributed by atoms with Crippen molar-refractivity contribution in [3.63, 3.8) is 0 Å². The summed E-state index contributed by atoms with van der Waals surface area (Å²) in [4.78, 5) is 14.5. The third kappa shape index (κ3) is 2.10. The summed E-state index contributed by atoms with van der Waals surface area (Å²) in [5.74, 6) is 1.02. The van der Waals surface area contributed by atoms with Gasteiger partial charge >= 0.3 is 5.82 Å². The lowest BCUT2D eigenvalue weighted by molar-refractivity contribution is -0.388. The van der Waals surface area contributed by atoms with Gasteiger partial charge in [0.2, 0.25) is 11.6 Å². The average Bonchev–Trinajstić information content (AvgIpc) is 2.78. The average molecular weight is 239 g/mol. The van der Waals surface area contributed by atoms with Crippen molar-refractivity contribution in [1.29, 1.82) is 0 Å². The number of imidazole rings is 1. The largest absolute Gasteiger partial charge is 0.406 e. The summed E-state index contributed by atoms with van der Waals surface area (Å²) in [7, 11) is 1.78. The highest BCUT2D eigenvalue weighted by atomic mass is 16.6. The number of nitrogens with zero attached hydrogens (tertiary/aromatic N) is 3. The topological polar surface area (TPSA) is 85.0 Å². The summed E-state index contributed by atoms with van der Waals surface area (Å²) in [5, 5.41) is 17.4. The van der Waals surface area contributed by atoms with E-state index in [9.17, 15) is 10.1 Å². The van der Waals surface area contributed by atoms with Crippen molar-refractivity contribution in [3.8, 4) is 0 Å². The molecule has 1 aromatic rings. The van der Waals surface area contributed by atoms with E-state index in [0.29, 0.717) is 11.6 Å². The van der Waals surface area contributed by atoms with Crippen LogP contribution in [0.3, 0.4) is 0 Å². The Bertz CT molecular complexity index is 448. The van der Waals surface area contributed by atoms with Crippen molar-refractivity contribution in [2.45, 2.75) is 25.8 Å². The Hall–Kier alpha value is -1.63. The fourth-order valence-corrected chi connectivity index (χ4v) is 2.07. The second kappa shape index (κ2) is 3.99. The minimum Gasteiger partial charge on any atom is -0.358 e. The summed E-state index contributed by atoms with van der Waals surface area (Å²) in [6.45, 7) is 5.54. The Morgan fingerprint density at radius 3 is 2.88 bits per heavy atom. The number of rotatable bonds is 3. The normalized spacial score (nSPS) is 23.9. The molecule has 0 amide bonds. The van der Waals surface area contributed by atoms with Crippen molar-refractivity contribution in [3.05, 3.63) is 15.9 Å². The van der Waals surface area contributed by atoms with Gasteiger partial charge < -0.3 is 20.7 Å². The summed E-state index contributed by atoms with van der Waals surface area (Å²) in [6.07, 6.45) is 0.939. The fourth-order valence-electron chi connectivity index (χ4n) is 2.07. The first-order chi connectivity index (χ1) is 7.93. The first-order valence-electron chi connectivity index (χ1n) is 5.59. The molecule has 0 saturated carbocycles. The van der Waals surface area contributed by atoms with Gasteiger partial charge in [0.05, 0.1) is 0 Å². The van der Waals surface area contributed by atoms with Crippen LogP contribution in [0, 0.1) is 17.0 Å². The van der Waals surface area contributed by atoms with E-state index in [1.165, 1.54) is 0 Å². The third-order valence-corrected chi connectivity index (χ3v) is 3.26. The van der Waals surface area contributed by atoms with E-state index in [0.717, 1.165) is 19.5 Å². The molecule has 0 aromatic carbocycles. The van der Waals surface area contributed by atoms with E-state index in [-0.39, 0.29) is 11.4 Å². The maximum absolute atomic E-state index is 10.9. The van der Waals surface area contributed by atoms with Crippen molar-refractivity contribution in [1.82, 2.24) is 14.9 Å². The van der Waals surface area contributed by atoms with Crippen LogP contribution in [0.5, 0.6) is 0 Å². The minimum atomic E-state index is -0.443. The van der Waals surface area contributed by atoms with Crippen LogP contribution in [-0.4, -0.2) is 33.1 Å². The second-order valence-electron chi connectivity index (χ2n) is 4.76. The summed E-state index contributed by atoms with van der Waals surface area (Å²) in [5.41, 5.74) is -0.148. The summed E-state index contributed by atoms with van der Waals surface area (Å²) in [6, 6.07) is 0. The zero-order valence-corrected chi connectivity index (χ0v) is 10.3. The lowest BCUT2D eigenvalue weighted by Gasteiger charge is -2.25. The van der Waals surface area contributed by atoms with Crippen LogP contribution in [0.25, 0.3) is 0 Å². The van der Waals surface area contributed by atoms with E-state index in [2.05, 4.69) is 22.5 Å². The lowest BCUT2D eigenvalue weighted by atomic mass is 10.0. The molecule has 94 valence electrons. The molecule has 17 heavy (non-hydrogen) atoms. The molecule has 1 saturated heterocycles. The molecule has 0 spiro atoms. The molecule has 0 radical (unpaired) electrons.